The minimum absolute atomic E-state index is 0.384. The SMILES string of the molecule is Cc1cnc(C(C)NC2CCCN(C)C2)s1. The van der Waals surface area contributed by atoms with Crippen molar-refractivity contribution >= 4 is 11.3 Å². The van der Waals surface area contributed by atoms with Crippen LogP contribution in [-0.2, 0) is 0 Å². The normalized spacial score (nSPS) is 24.6. The summed E-state index contributed by atoms with van der Waals surface area (Å²) >= 11 is 1.80. The summed E-state index contributed by atoms with van der Waals surface area (Å²) < 4.78 is 0. The lowest BCUT2D eigenvalue weighted by Crippen LogP contribution is -2.44. The van der Waals surface area contributed by atoms with Gasteiger partial charge in [0, 0.05) is 23.7 Å². The Bertz CT molecular complexity index is 337. The van der Waals surface area contributed by atoms with E-state index in [4.69, 9.17) is 0 Å². The molecule has 1 aliphatic rings. The third-order valence-corrected chi connectivity index (χ3v) is 4.22. The van der Waals surface area contributed by atoms with Crippen LogP contribution in [0.15, 0.2) is 6.20 Å². The van der Waals surface area contributed by atoms with Gasteiger partial charge in [-0.25, -0.2) is 4.98 Å². The first-order valence-corrected chi connectivity index (χ1v) is 6.83. The van der Waals surface area contributed by atoms with Crippen molar-refractivity contribution in [3.8, 4) is 0 Å². The number of hydrogen-bond acceptors (Lipinski definition) is 4. The Labute approximate surface area is 102 Å². The lowest BCUT2D eigenvalue weighted by Gasteiger charge is -2.31. The van der Waals surface area contributed by atoms with E-state index in [-0.39, 0.29) is 0 Å². The van der Waals surface area contributed by atoms with E-state index in [0.717, 1.165) is 6.54 Å². The quantitative estimate of drug-likeness (QED) is 0.876. The van der Waals surface area contributed by atoms with Gasteiger partial charge in [-0.15, -0.1) is 11.3 Å². The molecule has 0 aromatic carbocycles. The number of nitrogens with zero attached hydrogens (tertiary/aromatic N) is 2. The molecule has 1 aliphatic heterocycles. The molecule has 2 atom stereocenters. The zero-order chi connectivity index (χ0) is 11.5. The van der Waals surface area contributed by atoms with Crippen molar-refractivity contribution in [2.45, 2.75) is 38.8 Å². The average molecular weight is 239 g/mol. The molecule has 0 bridgehead atoms. The second kappa shape index (κ2) is 5.25. The highest BCUT2D eigenvalue weighted by Gasteiger charge is 2.20. The standard InChI is InChI=1S/C12H21N3S/c1-9-7-13-12(16-9)10(2)14-11-5-4-6-15(3)8-11/h7,10-11,14H,4-6,8H2,1-3H3. The van der Waals surface area contributed by atoms with Crippen LogP contribution in [0.5, 0.6) is 0 Å². The number of piperidine rings is 1. The number of rotatable bonds is 3. The molecule has 3 nitrogen and oxygen atoms in total. The molecule has 90 valence electrons. The summed E-state index contributed by atoms with van der Waals surface area (Å²) in [6.07, 6.45) is 4.56. The smallest absolute Gasteiger partial charge is 0.109 e. The summed E-state index contributed by atoms with van der Waals surface area (Å²) in [6, 6.07) is 1.01. The van der Waals surface area contributed by atoms with Crippen molar-refractivity contribution in [1.82, 2.24) is 15.2 Å². The molecule has 1 saturated heterocycles. The summed E-state index contributed by atoms with van der Waals surface area (Å²) in [6.45, 7) is 6.73. The predicted octanol–water partition coefficient (Wildman–Crippen LogP) is 2.20. The molecule has 16 heavy (non-hydrogen) atoms. The van der Waals surface area contributed by atoms with Gasteiger partial charge in [-0.1, -0.05) is 0 Å². The third kappa shape index (κ3) is 3.03. The van der Waals surface area contributed by atoms with E-state index in [1.165, 1.54) is 29.3 Å². The highest BCUT2D eigenvalue weighted by molar-refractivity contribution is 7.11. The van der Waals surface area contributed by atoms with Crippen molar-refractivity contribution < 1.29 is 0 Å². The van der Waals surface area contributed by atoms with Gasteiger partial charge in [0.2, 0.25) is 0 Å². The monoisotopic (exact) mass is 239 g/mol. The van der Waals surface area contributed by atoms with Crippen LogP contribution in [0.25, 0.3) is 0 Å². The lowest BCUT2D eigenvalue weighted by molar-refractivity contribution is 0.218. The lowest BCUT2D eigenvalue weighted by atomic mass is 10.1. The zero-order valence-electron chi connectivity index (χ0n) is 10.4. The Morgan fingerprint density at radius 3 is 3.06 bits per heavy atom. The molecule has 2 rings (SSSR count). The van der Waals surface area contributed by atoms with Gasteiger partial charge in [-0.05, 0) is 40.3 Å². The number of thiazole rings is 1. The maximum atomic E-state index is 4.44. The molecule has 2 unspecified atom stereocenters. The van der Waals surface area contributed by atoms with Crippen LogP contribution in [0.2, 0.25) is 0 Å². The molecule has 0 radical (unpaired) electrons. The van der Waals surface area contributed by atoms with Crippen LogP contribution in [-0.4, -0.2) is 36.1 Å². The summed E-state index contributed by atoms with van der Waals surface area (Å²) in [5.74, 6) is 0. The highest BCUT2D eigenvalue weighted by Crippen LogP contribution is 2.20. The van der Waals surface area contributed by atoms with E-state index in [1.54, 1.807) is 11.3 Å². The molecule has 0 saturated carbocycles. The molecule has 1 N–H and O–H groups in total. The van der Waals surface area contributed by atoms with Crippen LogP contribution in [0.3, 0.4) is 0 Å². The van der Waals surface area contributed by atoms with Crippen molar-refractivity contribution in [3.63, 3.8) is 0 Å². The fraction of sp³-hybridized carbons (Fsp3) is 0.750. The second-order valence-electron chi connectivity index (χ2n) is 4.80. The van der Waals surface area contributed by atoms with Crippen molar-refractivity contribution in [1.29, 1.82) is 0 Å². The van der Waals surface area contributed by atoms with E-state index < -0.39 is 0 Å². The van der Waals surface area contributed by atoms with Gasteiger partial charge in [0.1, 0.15) is 5.01 Å². The first kappa shape index (κ1) is 12.0. The van der Waals surface area contributed by atoms with E-state index in [9.17, 15) is 0 Å². The summed E-state index contributed by atoms with van der Waals surface area (Å²) in [5.41, 5.74) is 0. The molecule has 1 aromatic heterocycles. The minimum Gasteiger partial charge on any atom is -0.305 e. The van der Waals surface area contributed by atoms with Gasteiger partial charge in [0.25, 0.3) is 0 Å². The fourth-order valence-electron chi connectivity index (χ4n) is 2.30. The van der Waals surface area contributed by atoms with E-state index in [0.29, 0.717) is 12.1 Å². The largest absolute Gasteiger partial charge is 0.305 e. The Balaban J connectivity index is 1.89. The van der Waals surface area contributed by atoms with Gasteiger partial charge in [0.15, 0.2) is 0 Å². The van der Waals surface area contributed by atoms with Crippen molar-refractivity contribution in [3.05, 3.63) is 16.1 Å². The minimum atomic E-state index is 0.384. The van der Waals surface area contributed by atoms with Gasteiger partial charge >= 0.3 is 0 Å². The maximum absolute atomic E-state index is 4.44. The van der Waals surface area contributed by atoms with Crippen LogP contribution in [0, 0.1) is 6.92 Å². The first-order chi connectivity index (χ1) is 7.65. The number of hydrogen-bond donors (Lipinski definition) is 1. The Morgan fingerprint density at radius 1 is 1.62 bits per heavy atom. The molecule has 0 spiro atoms. The van der Waals surface area contributed by atoms with Gasteiger partial charge in [-0.3, -0.25) is 0 Å². The molecule has 0 amide bonds. The van der Waals surface area contributed by atoms with Gasteiger partial charge in [0.05, 0.1) is 6.04 Å². The van der Waals surface area contributed by atoms with Gasteiger partial charge < -0.3 is 10.2 Å². The molecular weight excluding hydrogens is 218 g/mol. The Hall–Kier alpha value is -0.450. The zero-order valence-corrected chi connectivity index (χ0v) is 11.2. The molecule has 1 fully saturated rings. The predicted molar refractivity (Wildman–Crippen MR) is 68.9 cm³/mol. The molecule has 0 aliphatic carbocycles. The molecular formula is C12H21N3S. The van der Waals surface area contributed by atoms with E-state index >= 15 is 0 Å². The third-order valence-electron chi connectivity index (χ3n) is 3.12. The summed E-state index contributed by atoms with van der Waals surface area (Å²) in [5, 5.41) is 4.90. The fourth-order valence-corrected chi connectivity index (χ4v) is 3.09. The molecule has 2 heterocycles. The Morgan fingerprint density at radius 2 is 2.44 bits per heavy atom. The van der Waals surface area contributed by atoms with E-state index in [2.05, 4.69) is 36.1 Å². The molecule has 1 aromatic rings. The van der Waals surface area contributed by atoms with Crippen molar-refractivity contribution in [2.24, 2.45) is 0 Å². The number of aromatic nitrogens is 1. The maximum Gasteiger partial charge on any atom is 0.109 e. The first-order valence-electron chi connectivity index (χ1n) is 6.02. The summed E-state index contributed by atoms with van der Waals surface area (Å²) in [4.78, 5) is 8.14. The van der Waals surface area contributed by atoms with Crippen LogP contribution >= 0.6 is 11.3 Å². The van der Waals surface area contributed by atoms with Crippen molar-refractivity contribution in [2.75, 3.05) is 20.1 Å². The summed E-state index contributed by atoms with van der Waals surface area (Å²) in [7, 11) is 2.20. The van der Waals surface area contributed by atoms with Crippen LogP contribution in [0.1, 0.15) is 35.7 Å². The Kier molecular flexibility index (Phi) is 3.95. The highest BCUT2D eigenvalue weighted by atomic mass is 32.1. The van der Waals surface area contributed by atoms with E-state index in [1.807, 2.05) is 6.20 Å². The number of aryl methyl sites for hydroxylation is 1. The topological polar surface area (TPSA) is 28.2 Å². The van der Waals surface area contributed by atoms with Crippen LogP contribution in [0.4, 0.5) is 0 Å². The average Bonchev–Trinajstić information content (AvgIpc) is 2.65. The number of likely N-dealkylation sites (N-methyl/N-ethyl adjacent to an activating group) is 1. The van der Waals surface area contributed by atoms with Gasteiger partial charge in [-0.2, -0.15) is 0 Å². The number of nitrogens with one attached hydrogen (secondary N) is 1. The molecule has 4 heteroatoms. The number of likely N-dealkylation sites (tertiary alicyclic amines) is 1. The van der Waals surface area contributed by atoms with Crippen LogP contribution < -0.4 is 5.32 Å². The second-order valence-corrected chi connectivity index (χ2v) is 6.07.